The van der Waals surface area contributed by atoms with Crippen LogP contribution in [-0.2, 0) is 9.59 Å². The molecule has 1 aliphatic carbocycles. The molecule has 1 amide bonds. The van der Waals surface area contributed by atoms with Crippen LogP contribution in [0.5, 0.6) is 0 Å². The maximum absolute atomic E-state index is 12.2. The van der Waals surface area contributed by atoms with E-state index in [0.29, 0.717) is 12.8 Å². The number of nitrogens with one attached hydrogen (secondary N) is 1. The molecule has 2 rings (SSSR count). The zero-order valence-corrected chi connectivity index (χ0v) is 11.9. The first kappa shape index (κ1) is 15.5. The molecule has 3 unspecified atom stereocenters. The van der Waals surface area contributed by atoms with Gasteiger partial charge in [-0.3, -0.25) is 9.59 Å². The standard InChI is InChI=1S/C16H21NO4/c18-14(11-6-2-1-3-7-11)10-17-15(19)12-8-4-5-9-13(12)16(20)21/h1-3,6-7,12-14,18H,4-5,8-10H2,(H,17,19)(H,20,21). The van der Waals surface area contributed by atoms with Gasteiger partial charge in [-0.15, -0.1) is 0 Å². The predicted molar refractivity (Wildman–Crippen MR) is 77.5 cm³/mol. The number of aliphatic carboxylic acids is 1. The van der Waals surface area contributed by atoms with Crippen molar-refractivity contribution in [2.24, 2.45) is 11.8 Å². The van der Waals surface area contributed by atoms with Crippen LogP contribution in [0.2, 0.25) is 0 Å². The van der Waals surface area contributed by atoms with E-state index in [4.69, 9.17) is 0 Å². The lowest BCUT2D eigenvalue weighted by atomic mass is 9.78. The van der Waals surface area contributed by atoms with Crippen LogP contribution in [0.15, 0.2) is 30.3 Å². The summed E-state index contributed by atoms with van der Waals surface area (Å²) in [7, 11) is 0. The molecule has 0 saturated heterocycles. The first-order valence-electron chi connectivity index (χ1n) is 7.33. The second-order valence-corrected chi connectivity index (χ2v) is 5.51. The molecular weight excluding hydrogens is 270 g/mol. The lowest BCUT2D eigenvalue weighted by Gasteiger charge is -2.27. The molecule has 1 aromatic rings. The summed E-state index contributed by atoms with van der Waals surface area (Å²) in [4.78, 5) is 23.4. The second-order valence-electron chi connectivity index (χ2n) is 5.51. The fourth-order valence-corrected chi connectivity index (χ4v) is 2.86. The molecule has 5 nitrogen and oxygen atoms in total. The summed E-state index contributed by atoms with van der Waals surface area (Å²) in [5.41, 5.74) is 0.733. The smallest absolute Gasteiger partial charge is 0.307 e. The minimum absolute atomic E-state index is 0.103. The van der Waals surface area contributed by atoms with Gasteiger partial charge in [0.25, 0.3) is 0 Å². The van der Waals surface area contributed by atoms with Crippen molar-refractivity contribution in [1.29, 1.82) is 0 Å². The van der Waals surface area contributed by atoms with Gasteiger partial charge in [0.1, 0.15) is 0 Å². The molecule has 0 aliphatic heterocycles. The minimum atomic E-state index is -0.904. The number of hydrogen-bond donors (Lipinski definition) is 3. The van der Waals surface area contributed by atoms with Crippen molar-refractivity contribution in [3.05, 3.63) is 35.9 Å². The van der Waals surface area contributed by atoms with Crippen molar-refractivity contribution >= 4 is 11.9 Å². The van der Waals surface area contributed by atoms with Gasteiger partial charge in [0.2, 0.25) is 5.91 Å². The predicted octanol–water partition coefficient (Wildman–Crippen LogP) is 1.73. The Bertz CT molecular complexity index is 488. The van der Waals surface area contributed by atoms with E-state index in [1.54, 1.807) is 12.1 Å². The van der Waals surface area contributed by atoms with Crippen LogP contribution in [-0.4, -0.2) is 28.6 Å². The average molecular weight is 291 g/mol. The molecule has 1 aliphatic rings. The topological polar surface area (TPSA) is 86.6 Å². The summed E-state index contributed by atoms with van der Waals surface area (Å²) in [6.07, 6.45) is 2.11. The number of rotatable bonds is 5. The number of aliphatic hydroxyl groups is 1. The van der Waals surface area contributed by atoms with Crippen molar-refractivity contribution in [2.45, 2.75) is 31.8 Å². The molecule has 21 heavy (non-hydrogen) atoms. The molecule has 114 valence electrons. The molecule has 0 heterocycles. The Morgan fingerprint density at radius 3 is 2.38 bits per heavy atom. The van der Waals surface area contributed by atoms with E-state index in [9.17, 15) is 19.8 Å². The second kappa shape index (κ2) is 7.22. The number of hydrogen-bond acceptors (Lipinski definition) is 3. The fraction of sp³-hybridized carbons (Fsp3) is 0.500. The highest BCUT2D eigenvalue weighted by Crippen LogP contribution is 2.30. The molecular formula is C16H21NO4. The van der Waals surface area contributed by atoms with Crippen molar-refractivity contribution in [2.75, 3.05) is 6.54 Å². The number of carbonyl (C=O) groups excluding carboxylic acids is 1. The third kappa shape index (κ3) is 4.04. The quantitative estimate of drug-likeness (QED) is 0.771. The van der Waals surface area contributed by atoms with Crippen LogP contribution < -0.4 is 5.32 Å². The number of carboxylic acid groups (broad SMARTS) is 1. The van der Waals surface area contributed by atoms with E-state index in [2.05, 4.69) is 5.32 Å². The summed E-state index contributed by atoms with van der Waals surface area (Å²) in [5.74, 6) is -2.26. The summed E-state index contributed by atoms with van der Waals surface area (Å²) < 4.78 is 0. The molecule has 1 aromatic carbocycles. The Morgan fingerprint density at radius 1 is 1.14 bits per heavy atom. The molecule has 0 spiro atoms. The Kier molecular flexibility index (Phi) is 5.33. The van der Waals surface area contributed by atoms with Gasteiger partial charge in [0, 0.05) is 6.54 Å². The Labute approximate surface area is 124 Å². The maximum Gasteiger partial charge on any atom is 0.307 e. The van der Waals surface area contributed by atoms with Gasteiger partial charge in [-0.1, -0.05) is 43.2 Å². The molecule has 3 atom stereocenters. The van der Waals surface area contributed by atoms with Gasteiger partial charge in [-0.2, -0.15) is 0 Å². The molecule has 5 heteroatoms. The van der Waals surface area contributed by atoms with Crippen LogP contribution in [0.3, 0.4) is 0 Å². The lowest BCUT2D eigenvalue weighted by Crippen LogP contribution is -2.41. The van der Waals surface area contributed by atoms with Gasteiger partial charge in [0.15, 0.2) is 0 Å². The van der Waals surface area contributed by atoms with Gasteiger partial charge in [-0.05, 0) is 18.4 Å². The molecule has 1 fully saturated rings. The Morgan fingerprint density at radius 2 is 1.76 bits per heavy atom. The van der Waals surface area contributed by atoms with E-state index >= 15 is 0 Å². The molecule has 3 N–H and O–H groups in total. The zero-order valence-electron chi connectivity index (χ0n) is 11.9. The van der Waals surface area contributed by atoms with E-state index in [1.165, 1.54) is 0 Å². The van der Waals surface area contributed by atoms with Crippen LogP contribution in [0, 0.1) is 11.8 Å². The number of amides is 1. The summed E-state index contributed by atoms with van der Waals surface area (Å²) in [5, 5.41) is 21.9. The van der Waals surface area contributed by atoms with Crippen LogP contribution >= 0.6 is 0 Å². The van der Waals surface area contributed by atoms with Crippen molar-refractivity contribution in [1.82, 2.24) is 5.32 Å². The molecule has 1 saturated carbocycles. The summed E-state index contributed by atoms with van der Waals surface area (Å²) >= 11 is 0. The number of aliphatic hydroxyl groups excluding tert-OH is 1. The Hall–Kier alpha value is -1.88. The maximum atomic E-state index is 12.2. The number of carbonyl (C=O) groups is 2. The monoisotopic (exact) mass is 291 g/mol. The first-order chi connectivity index (χ1) is 10.1. The fourth-order valence-electron chi connectivity index (χ4n) is 2.86. The van der Waals surface area contributed by atoms with Crippen molar-refractivity contribution in [3.8, 4) is 0 Å². The Balaban J connectivity index is 1.90. The summed E-state index contributed by atoms with van der Waals surface area (Å²) in [6.45, 7) is 0.103. The third-order valence-corrected chi connectivity index (χ3v) is 4.07. The van der Waals surface area contributed by atoms with E-state index in [1.807, 2.05) is 18.2 Å². The van der Waals surface area contributed by atoms with Crippen LogP contribution in [0.25, 0.3) is 0 Å². The molecule has 0 bridgehead atoms. The summed E-state index contributed by atoms with van der Waals surface area (Å²) in [6, 6.07) is 9.08. The van der Waals surface area contributed by atoms with Crippen molar-refractivity contribution < 1.29 is 19.8 Å². The van der Waals surface area contributed by atoms with E-state index in [-0.39, 0.29) is 12.5 Å². The first-order valence-corrected chi connectivity index (χ1v) is 7.33. The number of benzene rings is 1. The number of carboxylic acids is 1. The average Bonchev–Trinajstić information content (AvgIpc) is 2.53. The molecule has 0 aromatic heterocycles. The lowest BCUT2D eigenvalue weighted by molar-refractivity contribution is -0.149. The van der Waals surface area contributed by atoms with Gasteiger partial charge in [-0.25, -0.2) is 0 Å². The highest BCUT2D eigenvalue weighted by Gasteiger charge is 2.35. The van der Waals surface area contributed by atoms with E-state index in [0.717, 1.165) is 18.4 Å². The van der Waals surface area contributed by atoms with Crippen LogP contribution in [0.4, 0.5) is 0 Å². The third-order valence-electron chi connectivity index (χ3n) is 4.07. The largest absolute Gasteiger partial charge is 0.481 e. The molecule has 0 radical (unpaired) electrons. The van der Waals surface area contributed by atoms with Gasteiger partial charge >= 0.3 is 5.97 Å². The SMILES string of the molecule is O=C(O)C1CCCCC1C(=O)NCC(O)c1ccccc1. The van der Waals surface area contributed by atoms with Crippen molar-refractivity contribution in [3.63, 3.8) is 0 Å². The van der Waals surface area contributed by atoms with E-state index < -0.39 is 23.9 Å². The minimum Gasteiger partial charge on any atom is -0.481 e. The van der Waals surface area contributed by atoms with Crippen LogP contribution in [0.1, 0.15) is 37.4 Å². The highest BCUT2D eigenvalue weighted by atomic mass is 16.4. The normalized spacial score (nSPS) is 23.3. The highest BCUT2D eigenvalue weighted by molar-refractivity contribution is 5.84. The zero-order chi connectivity index (χ0) is 15.2. The van der Waals surface area contributed by atoms with Gasteiger partial charge in [0.05, 0.1) is 17.9 Å². The van der Waals surface area contributed by atoms with Gasteiger partial charge < -0.3 is 15.5 Å².